The van der Waals surface area contributed by atoms with Crippen molar-refractivity contribution in [3.63, 3.8) is 0 Å². The molecule has 30 heavy (non-hydrogen) atoms. The van der Waals surface area contributed by atoms with E-state index in [0.29, 0.717) is 13.0 Å². The van der Waals surface area contributed by atoms with Gasteiger partial charge in [-0.15, -0.1) is 11.8 Å². The van der Waals surface area contributed by atoms with Gasteiger partial charge in [-0.3, -0.25) is 9.69 Å². The Balaban J connectivity index is 1.67. The molecule has 0 saturated heterocycles. The van der Waals surface area contributed by atoms with Gasteiger partial charge < -0.3 is 4.90 Å². The summed E-state index contributed by atoms with van der Waals surface area (Å²) in [5, 5.41) is 0.775. The van der Waals surface area contributed by atoms with Crippen molar-refractivity contribution >= 4 is 44.4 Å². The number of aryl methyl sites for hydroxylation is 2. The van der Waals surface area contributed by atoms with Gasteiger partial charge in [0, 0.05) is 24.4 Å². The summed E-state index contributed by atoms with van der Waals surface area (Å²) in [6.07, 6.45) is 1.23. The number of carbonyl (C=O) groups excluding carboxylic acids is 1. The molecule has 4 nitrogen and oxygen atoms in total. The Hall–Kier alpha value is -1.96. The van der Waals surface area contributed by atoms with Gasteiger partial charge in [-0.1, -0.05) is 17.4 Å². The number of hydrogen-bond acceptors (Lipinski definition) is 5. The quantitative estimate of drug-likeness (QED) is 0.321. The highest BCUT2D eigenvalue weighted by Gasteiger charge is 2.20. The average molecular weight is 446 g/mol. The van der Waals surface area contributed by atoms with Gasteiger partial charge in [-0.2, -0.15) is 0 Å². The maximum Gasteiger partial charge on any atom is 0.228 e. The number of halogens is 1. The molecule has 1 heterocycles. The van der Waals surface area contributed by atoms with Crippen molar-refractivity contribution < 1.29 is 9.18 Å². The molecule has 0 fully saturated rings. The first-order valence-electron chi connectivity index (χ1n) is 10.0. The zero-order chi connectivity index (χ0) is 21.7. The highest BCUT2D eigenvalue weighted by Crippen LogP contribution is 2.32. The van der Waals surface area contributed by atoms with Gasteiger partial charge in [0.25, 0.3) is 0 Å². The Kier molecular flexibility index (Phi) is 7.86. The van der Waals surface area contributed by atoms with Crippen LogP contribution in [0, 0.1) is 19.7 Å². The second kappa shape index (κ2) is 10.4. The van der Waals surface area contributed by atoms with Crippen LogP contribution in [0.4, 0.5) is 9.52 Å². The molecule has 0 spiro atoms. The summed E-state index contributed by atoms with van der Waals surface area (Å²) in [6.45, 7) is 5.56. The van der Waals surface area contributed by atoms with E-state index < -0.39 is 0 Å². The highest BCUT2D eigenvalue weighted by molar-refractivity contribution is 7.99. The van der Waals surface area contributed by atoms with Crippen LogP contribution in [0.5, 0.6) is 0 Å². The lowest BCUT2D eigenvalue weighted by atomic mass is 10.1. The van der Waals surface area contributed by atoms with E-state index in [0.717, 1.165) is 39.0 Å². The number of anilines is 1. The van der Waals surface area contributed by atoms with E-state index in [4.69, 9.17) is 4.98 Å². The van der Waals surface area contributed by atoms with E-state index in [1.807, 2.05) is 19.0 Å². The summed E-state index contributed by atoms with van der Waals surface area (Å²) in [5.74, 6) is 0.689. The summed E-state index contributed by atoms with van der Waals surface area (Å²) in [6, 6.07) is 10.7. The summed E-state index contributed by atoms with van der Waals surface area (Å²) in [7, 11) is 4.02. The molecule has 7 heteroatoms. The van der Waals surface area contributed by atoms with Crippen LogP contribution in [0.1, 0.15) is 24.0 Å². The minimum atomic E-state index is -0.229. The lowest BCUT2D eigenvalue weighted by Gasteiger charge is -2.22. The normalized spacial score (nSPS) is 11.4. The highest BCUT2D eigenvalue weighted by atomic mass is 32.2. The minimum Gasteiger partial charge on any atom is -0.308 e. The number of hydrogen-bond donors (Lipinski definition) is 0. The van der Waals surface area contributed by atoms with Gasteiger partial charge in [0.05, 0.1) is 10.2 Å². The number of thioether (sulfide) groups is 1. The van der Waals surface area contributed by atoms with Crippen molar-refractivity contribution in [3.8, 4) is 0 Å². The molecule has 160 valence electrons. The van der Waals surface area contributed by atoms with Crippen LogP contribution in [-0.4, -0.2) is 48.7 Å². The monoisotopic (exact) mass is 445 g/mol. The lowest BCUT2D eigenvalue weighted by molar-refractivity contribution is -0.118. The summed E-state index contributed by atoms with van der Waals surface area (Å²) >= 11 is 3.24. The van der Waals surface area contributed by atoms with Crippen molar-refractivity contribution in [2.45, 2.75) is 31.6 Å². The van der Waals surface area contributed by atoms with Gasteiger partial charge in [0.15, 0.2) is 5.13 Å². The molecule has 1 amide bonds. The molecule has 0 saturated carbocycles. The number of likely N-dealkylation sites (N-methyl/N-ethyl adjacent to an activating group) is 1. The van der Waals surface area contributed by atoms with Gasteiger partial charge in [-0.05, 0) is 81.6 Å². The predicted octanol–water partition coefficient (Wildman–Crippen LogP) is 5.52. The average Bonchev–Trinajstić information content (AvgIpc) is 3.10. The number of aromatic nitrogens is 1. The maximum atomic E-state index is 13.1. The first kappa shape index (κ1) is 22.7. The molecule has 1 aromatic heterocycles. The number of carbonyl (C=O) groups is 1. The molecule has 0 radical (unpaired) electrons. The predicted molar refractivity (Wildman–Crippen MR) is 126 cm³/mol. The molecule has 0 atom stereocenters. The fourth-order valence-corrected chi connectivity index (χ4v) is 5.10. The lowest BCUT2D eigenvalue weighted by Crippen LogP contribution is -2.36. The second-order valence-electron chi connectivity index (χ2n) is 7.68. The standard InChI is InChI=1S/C23H28FN3OS2/c1-16-14-17(2)22-20(15-16)25-23(30-22)27(12-11-26(3)4)21(28)6-5-13-29-19-9-7-18(24)8-10-19/h7-10,14-15H,5-6,11-13H2,1-4H3. The zero-order valence-electron chi connectivity index (χ0n) is 17.9. The van der Waals surface area contributed by atoms with Crippen molar-refractivity contribution in [3.05, 3.63) is 53.3 Å². The van der Waals surface area contributed by atoms with Crippen molar-refractivity contribution in [1.29, 1.82) is 0 Å². The van der Waals surface area contributed by atoms with Crippen LogP contribution in [-0.2, 0) is 4.79 Å². The van der Waals surface area contributed by atoms with Crippen LogP contribution in [0.25, 0.3) is 10.2 Å². The third-order valence-electron chi connectivity index (χ3n) is 4.73. The number of rotatable bonds is 9. The Bertz CT molecular complexity index is 1000. The zero-order valence-corrected chi connectivity index (χ0v) is 19.6. The van der Waals surface area contributed by atoms with Crippen molar-refractivity contribution in [2.75, 3.05) is 37.8 Å². The molecular formula is C23H28FN3OS2. The third kappa shape index (κ3) is 6.03. The summed E-state index contributed by atoms with van der Waals surface area (Å²) in [4.78, 5) is 22.8. The van der Waals surface area contributed by atoms with E-state index >= 15 is 0 Å². The molecule has 0 aliphatic rings. The van der Waals surface area contributed by atoms with Crippen LogP contribution in [0.15, 0.2) is 41.3 Å². The van der Waals surface area contributed by atoms with Crippen molar-refractivity contribution in [1.82, 2.24) is 9.88 Å². The molecule has 3 aromatic rings. The molecule has 0 unspecified atom stereocenters. The maximum absolute atomic E-state index is 13.1. The molecule has 0 aliphatic carbocycles. The SMILES string of the molecule is Cc1cc(C)c2sc(N(CCN(C)C)C(=O)CCCSc3ccc(F)cc3)nc2c1. The second-order valence-corrected chi connectivity index (χ2v) is 9.83. The Labute approximate surface area is 186 Å². The topological polar surface area (TPSA) is 36.4 Å². The van der Waals surface area contributed by atoms with Crippen LogP contribution in [0.2, 0.25) is 0 Å². The van der Waals surface area contributed by atoms with E-state index in [-0.39, 0.29) is 11.7 Å². The number of nitrogens with zero attached hydrogens (tertiary/aromatic N) is 3. The smallest absolute Gasteiger partial charge is 0.228 e. The minimum absolute atomic E-state index is 0.102. The fourth-order valence-electron chi connectivity index (χ4n) is 3.19. The third-order valence-corrected chi connectivity index (χ3v) is 7.06. The number of thiazole rings is 1. The fraction of sp³-hybridized carbons (Fsp3) is 0.391. The van der Waals surface area contributed by atoms with Crippen molar-refractivity contribution in [2.24, 2.45) is 0 Å². The molecule has 0 aliphatic heterocycles. The molecule has 3 rings (SSSR count). The van der Waals surface area contributed by atoms with E-state index in [2.05, 4.69) is 30.9 Å². The van der Waals surface area contributed by atoms with Crippen LogP contribution < -0.4 is 4.90 Å². The Morgan fingerprint density at radius 2 is 1.87 bits per heavy atom. The summed E-state index contributed by atoms with van der Waals surface area (Å²) in [5.41, 5.74) is 3.34. The van der Waals surface area contributed by atoms with E-state index in [1.54, 1.807) is 35.2 Å². The number of fused-ring (bicyclic) bond motifs is 1. The number of amides is 1. The van der Waals surface area contributed by atoms with Gasteiger partial charge in [0.2, 0.25) is 5.91 Å². The molecular weight excluding hydrogens is 417 g/mol. The largest absolute Gasteiger partial charge is 0.308 e. The molecule has 2 aromatic carbocycles. The first-order valence-corrected chi connectivity index (χ1v) is 11.8. The van der Waals surface area contributed by atoms with Crippen LogP contribution in [0.3, 0.4) is 0 Å². The Morgan fingerprint density at radius 1 is 1.13 bits per heavy atom. The van der Waals surface area contributed by atoms with Gasteiger partial charge >= 0.3 is 0 Å². The van der Waals surface area contributed by atoms with Gasteiger partial charge in [-0.25, -0.2) is 9.37 Å². The van der Waals surface area contributed by atoms with E-state index in [9.17, 15) is 9.18 Å². The summed E-state index contributed by atoms with van der Waals surface area (Å²) < 4.78 is 14.2. The first-order chi connectivity index (χ1) is 14.3. The number of benzene rings is 2. The van der Waals surface area contributed by atoms with E-state index in [1.165, 1.54) is 23.3 Å². The van der Waals surface area contributed by atoms with Crippen LogP contribution >= 0.6 is 23.1 Å². The molecule has 0 bridgehead atoms. The van der Waals surface area contributed by atoms with Gasteiger partial charge in [0.1, 0.15) is 5.82 Å². The Morgan fingerprint density at radius 3 is 2.57 bits per heavy atom. The molecule has 0 N–H and O–H groups in total.